The van der Waals surface area contributed by atoms with E-state index in [1.807, 2.05) is 30.3 Å². The number of aromatic nitrogens is 1. The first-order chi connectivity index (χ1) is 14.2. The Kier molecular flexibility index (Phi) is 6.59. The van der Waals surface area contributed by atoms with E-state index in [4.69, 9.17) is 9.52 Å². The average molecular weight is 405 g/mol. The van der Waals surface area contributed by atoms with Crippen molar-refractivity contribution in [3.05, 3.63) is 64.3 Å². The standard InChI is InChI=1S/C20H15N5O3S/c21-10-15-18(13-4-2-1-3-5-13)16(11-22)20(24-19(15)23-8-9-26)29-12-14-6-7-17(25-27)28-14/h1-7,26H,8-9,12H2,(H,23,24). The third kappa shape index (κ3) is 4.43. The summed E-state index contributed by atoms with van der Waals surface area (Å²) in [5.74, 6) is 1.09. The lowest BCUT2D eigenvalue weighted by atomic mass is 9.97. The summed E-state index contributed by atoms with van der Waals surface area (Å²) < 4.78 is 5.27. The van der Waals surface area contributed by atoms with Crippen molar-refractivity contribution in [1.82, 2.24) is 4.98 Å². The Bertz CT molecular complexity index is 1100. The van der Waals surface area contributed by atoms with Crippen molar-refractivity contribution < 1.29 is 9.52 Å². The molecule has 144 valence electrons. The molecule has 0 aliphatic carbocycles. The maximum Gasteiger partial charge on any atom is 0.260 e. The molecule has 0 atom stereocenters. The summed E-state index contributed by atoms with van der Waals surface area (Å²) in [5.41, 5.74) is 1.69. The Balaban J connectivity index is 2.10. The molecular weight excluding hydrogens is 390 g/mol. The lowest BCUT2D eigenvalue weighted by Crippen LogP contribution is -2.11. The Labute approximate surface area is 170 Å². The Morgan fingerprint density at radius 1 is 1.14 bits per heavy atom. The highest BCUT2D eigenvalue weighted by Crippen LogP contribution is 2.37. The molecule has 1 aromatic carbocycles. The fourth-order valence-corrected chi connectivity index (χ4v) is 3.59. The van der Waals surface area contributed by atoms with Crippen LogP contribution in [0, 0.1) is 27.6 Å². The van der Waals surface area contributed by atoms with Gasteiger partial charge in [-0.25, -0.2) is 4.98 Å². The van der Waals surface area contributed by atoms with Crippen LogP contribution in [0.1, 0.15) is 16.9 Å². The summed E-state index contributed by atoms with van der Waals surface area (Å²) in [7, 11) is 0. The van der Waals surface area contributed by atoms with E-state index in [9.17, 15) is 15.4 Å². The van der Waals surface area contributed by atoms with E-state index in [-0.39, 0.29) is 36.0 Å². The largest absolute Gasteiger partial charge is 0.440 e. The number of aliphatic hydroxyl groups is 1. The van der Waals surface area contributed by atoms with E-state index in [0.29, 0.717) is 27.7 Å². The van der Waals surface area contributed by atoms with Crippen molar-refractivity contribution in [2.45, 2.75) is 10.8 Å². The van der Waals surface area contributed by atoms with Crippen LogP contribution in [0.25, 0.3) is 11.1 Å². The fourth-order valence-electron chi connectivity index (χ4n) is 2.71. The average Bonchev–Trinajstić information content (AvgIpc) is 3.24. The molecule has 3 rings (SSSR count). The minimum absolute atomic E-state index is 0.0239. The third-order valence-electron chi connectivity index (χ3n) is 3.94. The van der Waals surface area contributed by atoms with Crippen LogP contribution in [-0.4, -0.2) is 23.2 Å². The van der Waals surface area contributed by atoms with Crippen LogP contribution < -0.4 is 5.32 Å². The molecule has 0 spiro atoms. The number of nitroso groups, excluding NO2 is 1. The van der Waals surface area contributed by atoms with Crippen LogP contribution in [0.3, 0.4) is 0 Å². The highest BCUT2D eigenvalue weighted by Gasteiger charge is 2.22. The fraction of sp³-hybridized carbons (Fsp3) is 0.150. The number of aliphatic hydroxyl groups excluding tert-OH is 1. The molecule has 0 bridgehead atoms. The molecule has 8 nitrogen and oxygen atoms in total. The van der Waals surface area contributed by atoms with Gasteiger partial charge in [-0.05, 0) is 11.6 Å². The Morgan fingerprint density at radius 3 is 2.52 bits per heavy atom. The number of nitrogens with zero attached hydrogens (tertiary/aromatic N) is 4. The molecule has 0 saturated heterocycles. The van der Waals surface area contributed by atoms with E-state index in [1.165, 1.54) is 17.8 Å². The summed E-state index contributed by atoms with van der Waals surface area (Å²) in [4.78, 5) is 15.0. The van der Waals surface area contributed by atoms with Gasteiger partial charge in [0.2, 0.25) is 0 Å². The summed E-state index contributed by atoms with van der Waals surface area (Å²) in [6.07, 6.45) is 0. The highest BCUT2D eigenvalue weighted by molar-refractivity contribution is 7.98. The van der Waals surface area contributed by atoms with Crippen LogP contribution in [0.15, 0.2) is 57.1 Å². The number of pyridine rings is 1. The molecule has 2 aromatic heterocycles. The molecule has 2 N–H and O–H groups in total. The first-order valence-corrected chi connectivity index (χ1v) is 9.53. The van der Waals surface area contributed by atoms with Crippen LogP contribution in [0.2, 0.25) is 0 Å². The van der Waals surface area contributed by atoms with E-state index in [1.54, 1.807) is 6.07 Å². The van der Waals surface area contributed by atoms with Gasteiger partial charge >= 0.3 is 0 Å². The van der Waals surface area contributed by atoms with Gasteiger partial charge in [0.1, 0.15) is 34.3 Å². The molecular formula is C20H15N5O3S. The van der Waals surface area contributed by atoms with Gasteiger partial charge in [0.15, 0.2) is 0 Å². The van der Waals surface area contributed by atoms with Crippen molar-refractivity contribution in [2.24, 2.45) is 5.18 Å². The quantitative estimate of drug-likeness (QED) is 0.421. The molecule has 0 fully saturated rings. The van der Waals surface area contributed by atoms with Crippen molar-refractivity contribution in [3.63, 3.8) is 0 Å². The number of rotatable bonds is 8. The maximum atomic E-state index is 10.5. The zero-order valence-electron chi connectivity index (χ0n) is 15.1. The number of thioether (sulfide) groups is 1. The number of nitriles is 2. The molecule has 9 heteroatoms. The second kappa shape index (κ2) is 9.51. The van der Waals surface area contributed by atoms with Gasteiger partial charge < -0.3 is 14.8 Å². The molecule has 2 heterocycles. The van der Waals surface area contributed by atoms with Gasteiger partial charge in [-0.15, -0.1) is 4.91 Å². The van der Waals surface area contributed by atoms with E-state index in [2.05, 4.69) is 27.6 Å². The lowest BCUT2D eigenvalue weighted by Gasteiger charge is -2.15. The highest BCUT2D eigenvalue weighted by atomic mass is 32.2. The Morgan fingerprint density at radius 2 is 1.90 bits per heavy atom. The van der Waals surface area contributed by atoms with E-state index >= 15 is 0 Å². The number of anilines is 1. The predicted octanol–water partition coefficient (Wildman–Crippen LogP) is 4.18. The zero-order valence-corrected chi connectivity index (χ0v) is 15.9. The van der Waals surface area contributed by atoms with Gasteiger partial charge in [-0.3, -0.25) is 0 Å². The number of hydrogen-bond acceptors (Lipinski definition) is 9. The van der Waals surface area contributed by atoms with Crippen LogP contribution in [-0.2, 0) is 5.75 Å². The molecule has 0 amide bonds. The minimum atomic E-state index is -0.135. The number of nitrogens with one attached hydrogen (secondary N) is 1. The summed E-state index contributed by atoms with van der Waals surface area (Å²) in [6.45, 7) is 0.0715. The minimum Gasteiger partial charge on any atom is -0.440 e. The van der Waals surface area contributed by atoms with E-state index in [0.717, 1.165) is 0 Å². The predicted molar refractivity (Wildman–Crippen MR) is 108 cm³/mol. The van der Waals surface area contributed by atoms with Crippen molar-refractivity contribution in [3.8, 4) is 23.3 Å². The van der Waals surface area contributed by atoms with E-state index < -0.39 is 0 Å². The van der Waals surface area contributed by atoms with Gasteiger partial charge in [-0.1, -0.05) is 42.1 Å². The van der Waals surface area contributed by atoms with Crippen LogP contribution in [0.5, 0.6) is 0 Å². The summed E-state index contributed by atoms with van der Waals surface area (Å²) in [5, 5.41) is 34.8. The second-order valence-corrected chi connectivity index (χ2v) is 6.71. The number of benzene rings is 1. The first kappa shape index (κ1) is 20.1. The maximum absolute atomic E-state index is 10.5. The van der Waals surface area contributed by atoms with Gasteiger partial charge in [-0.2, -0.15) is 10.5 Å². The number of hydrogen-bond donors (Lipinski definition) is 2. The lowest BCUT2D eigenvalue weighted by molar-refractivity contribution is 0.311. The van der Waals surface area contributed by atoms with Crippen molar-refractivity contribution in [1.29, 1.82) is 10.5 Å². The molecule has 3 aromatic rings. The third-order valence-corrected chi connectivity index (χ3v) is 4.94. The number of furan rings is 1. The van der Waals surface area contributed by atoms with Crippen molar-refractivity contribution in [2.75, 3.05) is 18.5 Å². The molecule has 0 saturated carbocycles. The zero-order chi connectivity index (χ0) is 20.6. The molecule has 29 heavy (non-hydrogen) atoms. The normalized spacial score (nSPS) is 10.2. The molecule has 0 radical (unpaired) electrons. The SMILES string of the molecule is N#Cc1c(NCCO)nc(SCc2ccc(N=O)o2)c(C#N)c1-c1ccccc1. The Hall–Kier alpha value is -3.66. The second-order valence-electron chi connectivity index (χ2n) is 5.75. The van der Waals surface area contributed by atoms with Crippen molar-refractivity contribution >= 4 is 23.5 Å². The first-order valence-electron chi connectivity index (χ1n) is 8.55. The van der Waals surface area contributed by atoms with Gasteiger partial charge in [0.25, 0.3) is 5.88 Å². The smallest absolute Gasteiger partial charge is 0.260 e. The van der Waals surface area contributed by atoms with Crippen LogP contribution >= 0.6 is 11.8 Å². The molecule has 0 aliphatic rings. The molecule has 0 unspecified atom stereocenters. The monoisotopic (exact) mass is 405 g/mol. The summed E-state index contributed by atoms with van der Waals surface area (Å²) in [6, 6.07) is 16.5. The van der Waals surface area contributed by atoms with Crippen LogP contribution in [0.4, 0.5) is 11.7 Å². The van der Waals surface area contributed by atoms with Gasteiger partial charge in [0, 0.05) is 23.4 Å². The van der Waals surface area contributed by atoms with Gasteiger partial charge in [0.05, 0.1) is 17.9 Å². The topological polar surface area (TPSA) is 135 Å². The summed E-state index contributed by atoms with van der Waals surface area (Å²) >= 11 is 1.24. The molecule has 0 aliphatic heterocycles.